The third-order valence-electron chi connectivity index (χ3n) is 4.18. The lowest BCUT2D eigenvalue weighted by Gasteiger charge is -2.25. The highest BCUT2D eigenvalue weighted by atomic mass is 35.5. The van der Waals surface area contributed by atoms with Gasteiger partial charge in [-0.15, -0.1) is 23.2 Å². The average Bonchev–Trinajstić information content (AvgIpc) is 3.22. The molecule has 2 aromatic rings. The Morgan fingerprint density at radius 1 is 1.28 bits per heavy atom. The second-order valence-electron chi connectivity index (χ2n) is 6.70. The molecule has 1 saturated carbocycles. The van der Waals surface area contributed by atoms with Gasteiger partial charge in [-0.1, -0.05) is 18.2 Å². The summed E-state index contributed by atoms with van der Waals surface area (Å²) in [6.07, 6.45) is 2.46. The van der Waals surface area contributed by atoms with E-state index in [0.717, 1.165) is 17.7 Å². The lowest BCUT2D eigenvalue weighted by molar-refractivity contribution is -0.134. The van der Waals surface area contributed by atoms with Gasteiger partial charge < -0.3 is 10.1 Å². The number of halogens is 2. The van der Waals surface area contributed by atoms with Gasteiger partial charge in [0.2, 0.25) is 0 Å². The Balaban J connectivity index is 1.57. The summed E-state index contributed by atoms with van der Waals surface area (Å²) < 4.78 is 5.21. The summed E-state index contributed by atoms with van der Waals surface area (Å²) in [4.78, 5) is 16.6. The minimum absolute atomic E-state index is 0.166. The summed E-state index contributed by atoms with van der Waals surface area (Å²) in [6, 6.07) is 13.1. The van der Waals surface area contributed by atoms with Crippen molar-refractivity contribution < 1.29 is 9.53 Å². The molecular formula is C19H20Cl2N2O2. The smallest absolute Gasteiger partial charge is 0.263 e. The minimum atomic E-state index is -1.00. The molecule has 1 aliphatic rings. The van der Waals surface area contributed by atoms with Gasteiger partial charge in [0.25, 0.3) is 5.91 Å². The lowest BCUT2D eigenvalue weighted by Crippen LogP contribution is -2.46. The number of rotatable bonds is 6. The molecule has 25 heavy (non-hydrogen) atoms. The summed E-state index contributed by atoms with van der Waals surface area (Å²) in [6.45, 7) is 3.83. The Hall–Kier alpha value is -1.78. The summed E-state index contributed by atoms with van der Waals surface area (Å²) in [7, 11) is 0. The number of aromatic nitrogens is 1. The third kappa shape index (κ3) is 4.44. The Bertz CT molecular complexity index is 746. The van der Waals surface area contributed by atoms with Crippen LogP contribution < -0.4 is 10.1 Å². The van der Waals surface area contributed by atoms with Gasteiger partial charge in [0.15, 0.2) is 5.60 Å². The standard InChI is InChI=1S/C19H20Cl2N2O2/c1-18(2,17(24)23-12-14-5-3-4-10-22-14)25-15-8-6-13(7-9-15)16-11-19(16,20)21/h3-10,16H,11-12H2,1-2H3,(H,23,24)/t16-/m1/s1. The van der Waals surface area contributed by atoms with Gasteiger partial charge in [-0.3, -0.25) is 9.78 Å². The first-order valence-corrected chi connectivity index (χ1v) is 8.88. The molecule has 1 aromatic heterocycles. The molecule has 1 amide bonds. The molecule has 1 atom stereocenters. The fourth-order valence-corrected chi connectivity index (χ4v) is 3.13. The monoisotopic (exact) mass is 378 g/mol. The van der Waals surface area contributed by atoms with Crippen LogP contribution in [0.25, 0.3) is 0 Å². The van der Waals surface area contributed by atoms with Crippen LogP contribution in [-0.2, 0) is 11.3 Å². The number of amides is 1. The Morgan fingerprint density at radius 2 is 1.96 bits per heavy atom. The first kappa shape index (κ1) is 18.0. The number of benzene rings is 1. The van der Waals surface area contributed by atoms with E-state index in [1.807, 2.05) is 42.5 Å². The molecule has 0 bridgehead atoms. The van der Waals surface area contributed by atoms with E-state index in [9.17, 15) is 4.79 Å². The van der Waals surface area contributed by atoms with Crippen molar-refractivity contribution in [1.82, 2.24) is 10.3 Å². The molecule has 0 saturated heterocycles. The summed E-state index contributed by atoms with van der Waals surface area (Å²) in [5.74, 6) is 0.585. The zero-order valence-corrected chi connectivity index (χ0v) is 15.6. The molecule has 1 aromatic carbocycles. The number of alkyl halides is 2. The maximum absolute atomic E-state index is 12.4. The largest absolute Gasteiger partial charge is 0.478 e. The molecule has 1 aliphatic carbocycles. The SMILES string of the molecule is CC(C)(Oc1ccc([C@H]2CC2(Cl)Cl)cc1)C(=O)NCc1ccccn1. The molecule has 132 valence electrons. The van der Waals surface area contributed by atoms with Crippen LogP contribution in [0.5, 0.6) is 5.75 Å². The molecule has 0 spiro atoms. The molecule has 0 radical (unpaired) electrons. The molecule has 1 N–H and O–H groups in total. The van der Waals surface area contributed by atoms with Crippen LogP contribution in [0.4, 0.5) is 0 Å². The van der Waals surface area contributed by atoms with E-state index in [0.29, 0.717) is 12.3 Å². The number of carbonyl (C=O) groups is 1. The van der Waals surface area contributed by atoms with Crippen LogP contribution in [0.1, 0.15) is 37.4 Å². The molecule has 0 unspecified atom stereocenters. The predicted molar refractivity (Wildman–Crippen MR) is 99.0 cm³/mol. The molecular weight excluding hydrogens is 359 g/mol. The van der Waals surface area contributed by atoms with Gasteiger partial charge in [0.05, 0.1) is 12.2 Å². The number of nitrogens with one attached hydrogen (secondary N) is 1. The van der Waals surface area contributed by atoms with E-state index in [-0.39, 0.29) is 11.8 Å². The van der Waals surface area contributed by atoms with E-state index in [2.05, 4.69) is 10.3 Å². The number of ether oxygens (including phenoxy) is 1. The quantitative estimate of drug-likeness (QED) is 0.765. The van der Waals surface area contributed by atoms with E-state index in [4.69, 9.17) is 27.9 Å². The maximum atomic E-state index is 12.4. The molecule has 6 heteroatoms. The minimum Gasteiger partial charge on any atom is -0.478 e. The van der Waals surface area contributed by atoms with Gasteiger partial charge >= 0.3 is 0 Å². The Morgan fingerprint density at radius 3 is 2.52 bits per heavy atom. The van der Waals surface area contributed by atoms with Crippen LogP contribution in [-0.4, -0.2) is 20.8 Å². The van der Waals surface area contributed by atoms with Crippen LogP contribution >= 0.6 is 23.2 Å². The van der Waals surface area contributed by atoms with Gasteiger partial charge in [0.1, 0.15) is 10.1 Å². The highest BCUT2D eigenvalue weighted by molar-refractivity contribution is 6.51. The second-order valence-corrected chi connectivity index (χ2v) is 8.25. The van der Waals surface area contributed by atoms with Crippen LogP contribution in [0.3, 0.4) is 0 Å². The molecule has 0 aliphatic heterocycles. The fraction of sp³-hybridized carbons (Fsp3) is 0.368. The fourth-order valence-electron chi connectivity index (χ4n) is 2.57. The number of pyridine rings is 1. The number of carbonyl (C=O) groups excluding carboxylic acids is 1. The Labute approximate surface area is 157 Å². The van der Waals surface area contributed by atoms with Crippen molar-refractivity contribution in [3.63, 3.8) is 0 Å². The third-order valence-corrected chi connectivity index (χ3v) is 5.02. The van der Waals surface area contributed by atoms with E-state index in [1.165, 1.54) is 0 Å². The van der Waals surface area contributed by atoms with Gasteiger partial charge in [-0.05, 0) is 50.1 Å². The van der Waals surface area contributed by atoms with Crippen molar-refractivity contribution in [3.05, 3.63) is 59.9 Å². The number of hydrogen-bond donors (Lipinski definition) is 1. The van der Waals surface area contributed by atoms with Crippen molar-refractivity contribution in [2.75, 3.05) is 0 Å². The maximum Gasteiger partial charge on any atom is 0.263 e. The van der Waals surface area contributed by atoms with Crippen molar-refractivity contribution >= 4 is 29.1 Å². The van der Waals surface area contributed by atoms with Gasteiger partial charge in [0, 0.05) is 12.1 Å². The Kier molecular flexibility index (Phi) is 4.94. The van der Waals surface area contributed by atoms with Crippen molar-refractivity contribution in [2.45, 2.75) is 42.7 Å². The molecule has 1 fully saturated rings. The van der Waals surface area contributed by atoms with Crippen LogP contribution in [0.15, 0.2) is 48.7 Å². The summed E-state index contributed by atoms with van der Waals surface area (Å²) >= 11 is 12.2. The van der Waals surface area contributed by atoms with E-state index >= 15 is 0 Å². The van der Waals surface area contributed by atoms with Crippen molar-refractivity contribution in [3.8, 4) is 5.75 Å². The van der Waals surface area contributed by atoms with Crippen LogP contribution in [0.2, 0.25) is 0 Å². The average molecular weight is 379 g/mol. The number of hydrogen-bond acceptors (Lipinski definition) is 3. The number of nitrogens with zero attached hydrogens (tertiary/aromatic N) is 1. The zero-order valence-electron chi connectivity index (χ0n) is 14.1. The first-order chi connectivity index (χ1) is 11.8. The topological polar surface area (TPSA) is 51.2 Å². The van der Waals surface area contributed by atoms with Crippen molar-refractivity contribution in [2.24, 2.45) is 0 Å². The molecule has 3 rings (SSSR count). The van der Waals surface area contributed by atoms with E-state index < -0.39 is 9.93 Å². The highest BCUT2D eigenvalue weighted by Gasteiger charge is 2.52. The molecule has 4 nitrogen and oxygen atoms in total. The predicted octanol–water partition coefficient (Wildman–Crippen LogP) is 4.22. The van der Waals surface area contributed by atoms with Gasteiger partial charge in [-0.2, -0.15) is 0 Å². The second kappa shape index (κ2) is 6.85. The normalized spacial score (nSPS) is 18.5. The van der Waals surface area contributed by atoms with E-state index in [1.54, 1.807) is 20.0 Å². The highest BCUT2D eigenvalue weighted by Crippen LogP contribution is 2.59. The zero-order chi connectivity index (χ0) is 18.1. The lowest BCUT2D eigenvalue weighted by atomic mass is 10.1. The van der Waals surface area contributed by atoms with Crippen LogP contribution in [0, 0.1) is 0 Å². The van der Waals surface area contributed by atoms with Crippen molar-refractivity contribution in [1.29, 1.82) is 0 Å². The summed E-state index contributed by atoms with van der Waals surface area (Å²) in [5, 5.41) is 2.85. The first-order valence-electron chi connectivity index (χ1n) is 8.13. The summed E-state index contributed by atoms with van der Waals surface area (Å²) in [5.41, 5.74) is 0.874. The molecule has 1 heterocycles. The van der Waals surface area contributed by atoms with Gasteiger partial charge in [-0.25, -0.2) is 0 Å².